The number of likely N-dealkylation sites (tertiary alicyclic amines) is 1. The zero-order valence-electron chi connectivity index (χ0n) is 14.5. The number of carbonyl (C=O) groups is 1. The molecular weight excluding hydrogens is 322 g/mol. The molecule has 1 saturated heterocycles. The summed E-state index contributed by atoms with van der Waals surface area (Å²) in [7, 11) is 0. The van der Waals surface area contributed by atoms with Gasteiger partial charge in [0.15, 0.2) is 11.0 Å². The molecule has 1 fully saturated rings. The molecule has 1 aliphatic heterocycles. The van der Waals surface area contributed by atoms with Gasteiger partial charge in [0.25, 0.3) is 0 Å². The number of aromatic nitrogens is 3. The van der Waals surface area contributed by atoms with Crippen LogP contribution in [0.5, 0.6) is 0 Å². The van der Waals surface area contributed by atoms with Crippen molar-refractivity contribution in [3.63, 3.8) is 0 Å². The Morgan fingerprint density at radius 3 is 2.75 bits per heavy atom. The lowest BCUT2D eigenvalue weighted by atomic mass is 10.1. The Morgan fingerprint density at radius 1 is 1.29 bits per heavy atom. The summed E-state index contributed by atoms with van der Waals surface area (Å²) in [6.45, 7) is 8.58. The summed E-state index contributed by atoms with van der Waals surface area (Å²) < 4.78 is 0. The second-order valence-electron chi connectivity index (χ2n) is 6.52. The maximum Gasteiger partial charge on any atom is 0.225 e. The summed E-state index contributed by atoms with van der Waals surface area (Å²) >= 11 is 1.55. The molecule has 2 aromatic heterocycles. The first kappa shape index (κ1) is 16.8. The van der Waals surface area contributed by atoms with E-state index in [1.165, 1.54) is 0 Å². The molecule has 128 valence electrons. The fourth-order valence-corrected chi connectivity index (χ4v) is 3.65. The number of rotatable bonds is 4. The molecule has 0 saturated carbocycles. The van der Waals surface area contributed by atoms with E-state index in [1.807, 2.05) is 44.0 Å². The Labute approximate surface area is 146 Å². The third kappa shape index (κ3) is 3.56. The van der Waals surface area contributed by atoms with Gasteiger partial charge in [-0.25, -0.2) is 15.0 Å². The van der Waals surface area contributed by atoms with Crippen molar-refractivity contribution in [3.05, 3.63) is 28.7 Å². The van der Waals surface area contributed by atoms with Gasteiger partial charge in [0, 0.05) is 29.6 Å². The van der Waals surface area contributed by atoms with Gasteiger partial charge in [-0.3, -0.25) is 4.79 Å². The molecule has 6 nitrogen and oxygen atoms in total. The lowest BCUT2D eigenvalue weighted by molar-refractivity contribution is -0.135. The quantitative estimate of drug-likeness (QED) is 0.916. The lowest BCUT2D eigenvalue weighted by Gasteiger charge is -2.25. The van der Waals surface area contributed by atoms with Crippen LogP contribution in [0.2, 0.25) is 0 Å². The van der Waals surface area contributed by atoms with Crippen LogP contribution in [0.15, 0.2) is 11.4 Å². The minimum absolute atomic E-state index is 0.00806. The first-order valence-electron chi connectivity index (χ1n) is 8.29. The highest BCUT2D eigenvalue weighted by Gasteiger charge is 2.33. The van der Waals surface area contributed by atoms with Crippen molar-refractivity contribution in [2.75, 3.05) is 11.9 Å². The van der Waals surface area contributed by atoms with Gasteiger partial charge >= 0.3 is 0 Å². The van der Waals surface area contributed by atoms with Gasteiger partial charge in [-0.15, -0.1) is 11.3 Å². The molecule has 0 radical (unpaired) electrons. The van der Waals surface area contributed by atoms with Crippen molar-refractivity contribution in [2.45, 2.75) is 46.6 Å². The average molecular weight is 345 g/mol. The number of hydrogen-bond acceptors (Lipinski definition) is 6. The number of nitrogens with one attached hydrogen (secondary N) is 1. The van der Waals surface area contributed by atoms with Crippen LogP contribution in [0.3, 0.4) is 0 Å². The van der Waals surface area contributed by atoms with Crippen molar-refractivity contribution in [2.24, 2.45) is 5.92 Å². The highest BCUT2D eigenvalue weighted by atomic mass is 32.1. The first-order valence-corrected chi connectivity index (χ1v) is 9.17. The standard InChI is InChI=1S/C17H23N5OS/c1-10(2)16(23)22-7-5-6-13(22)15-18-11(3)8-14(20-15)21-17-19-12(4)9-24-17/h8-10,13H,5-7H2,1-4H3,(H,18,19,20,21)/t13-/m1/s1. The molecule has 1 N–H and O–H groups in total. The van der Waals surface area contributed by atoms with Gasteiger partial charge in [-0.05, 0) is 26.7 Å². The number of anilines is 2. The molecule has 0 aliphatic carbocycles. The molecule has 3 heterocycles. The molecule has 7 heteroatoms. The third-order valence-electron chi connectivity index (χ3n) is 4.05. The van der Waals surface area contributed by atoms with Crippen molar-refractivity contribution in [3.8, 4) is 0 Å². The van der Waals surface area contributed by atoms with E-state index in [1.54, 1.807) is 11.3 Å². The van der Waals surface area contributed by atoms with Crippen LogP contribution in [0.1, 0.15) is 49.9 Å². The maximum atomic E-state index is 12.4. The Bertz CT molecular complexity index is 742. The van der Waals surface area contributed by atoms with Crippen molar-refractivity contribution in [1.29, 1.82) is 0 Å². The zero-order valence-corrected chi connectivity index (χ0v) is 15.4. The van der Waals surface area contributed by atoms with Gasteiger partial charge in [0.05, 0.1) is 11.7 Å². The van der Waals surface area contributed by atoms with Crippen LogP contribution in [-0.4, -0.2) is 32.3 Å². The fourth-order valence-electron chi connectivity index (χ4n) is 2.96. The SMILES string of the molecule is Cc1cc(Nc2nc(C)cs2)nc([C@H]2CCCN2C(=O)C(C)C)n1. The molecule has 1 aliphatic rings. The molecule has 0 bridgehead atoms. The summed E-state index contributed by atoms with van der Waals surface area (Å²) in [5, 5.41) is 6.06. The Kier molecular flexibility index (Phi) is 4.80. The number of thiazole rings is 1. The third-order valence-corrected chi connectivity index (χ3v) is 4.93. The minimum Gasteiger partial charge on any atom is -0.332 e. The predicted octanol–water partition coefficient (Wildman–Crippen LogP) is 3.61. The molecule has 3 rings (SSSR count). The number of nitrogens with zero attached hydrogens (tertiary/aromatic N) is 4. The van der Waals surface area contributed by atoms with Crippen molar-refractivity contribution < 1.29 is 4.79 Å². The predicted molar refractivity (Wildman–Crippen MR) is 95.4 cm³/mol. The van der Waals surface area contributed by atoms with Gasteiger partial charge in [-0.2, -0.15) is 0 Å². The topological polar surface area (TPSA) is 71.0 Å². The van der Waals surface area contributed by atoms with E-state index in [0.29, 0.717) is 0 Å². The Morgan fingerprint density at radius 2 is 2.08 bits per heavy atom. The van der Waals surface area contributed by atoms with Crippen LogP contribution in [0.4, 0.5) is 10.9 Å². The summed E-state index contributed by atoms with van der Waals surface area (Å²) in [6, 6.07) is 1.88. The van der Waals surface area contributed by atoms with Gasteiger partial charge in [0.1, 0.15) is 5.82 Å². The molecule has 1 amide bonds. The van der Waals surface area contributed by atoms with E-state index in [0.717, 1.165) is 47.5 Å². The van der Waals surface area contributed by atoms with Crippen LogP contribution in [-0.2, 0) is 4.79 Å². The zero-order chi connectivity index (χ0) is 17.3. The second-order valence-corrected chi connectivity index (χ2v) is 7.37. The molecule has 2 aromatic rings. The van der Waals surface area contributed by atoms with E-state index >= 15 is 0 Å². The van der Waals surface area contributed by atoms with Crippen LogP contribution in [0, 0.1) is 19.8 Å². The summed E-state index contributed by atoms with van der Waals surface area (Å²) in [6.07, 6.45) is 1.91. The number of aryl methyl sites for hydroxylation is 2. The molecule has 0 spiro atoms. The normalized spacial score (nSPS) is 17.5. The first-order chi connectivity index (χ1) is 11.4. The fraction of sp³-hybridized carbons (Fsp3) is 0.529. The minimum atomic E-state index is -0.0293. The van der Waals surface area contributed by atoms with Gasteiger partial charge < -0.3 is 10.2 Å². The van der Waals surface area contributed by atoms with Gasteiger partial charge in [0.2, 0.25) is 5.91 Å². The molecule has 1 atom stereocenters. The highest BCUT2D eigenvalue weighted by Crippen LogP contribution is 2.32. The van der Waals surface area contributed by atoms with Crippen LogP contribution < -0.4 is 5.32 Å². The number of hydrogen-bond donors (Lipinski definition) is 1. The van der Waals surface area contributed by atoms with E-state index in [4.69, 9.17) is 0 Å². The maximum absolute atomic E-state index is 12.4. The van der Waals surface area contributed by atoms with Crippen molar-refractivity contribution in [1.82, 2.24) is 19.9 Å². The average Bonchev–Trinajstić information content (AvgIpc) is 3.14. The van der Waals surface area contributed by atoms with E-state index in [-0.39, 0.29) is 17.9 Å². The highest BCUT2D eigenvalue weighted by molar-refractivity contribution is 7.13. The Hall–Kier alpha value is -2.02. The number of amides is 1. The molecular formula is C17H23N5OS. The molecule has 0 unspecified atom stereocenters. The van der Waals surface area contributed by atoms with E-state index in [9.17, 15) is 4.79 Å². The van der Waals surface area contributed by atoms with Gasteiger partial charge in [-0.1, -0.05) is 13.8 Å². The molecule has 24 heavy (non-hydrogen) atoms. The summed E-state index contributed by atoms with van der Waals surface area (Å²) in [4.78, 5) is 28.0. The lowest BCUT2D eigenvalue weighted by Crippen LogP contribution is -2.34. The van der Waals surface area contributed by atoms with Crippen LogP contribution in [0.25, 0.3) is 0 Å². The monoisotopic (exact) mass is 345 g/mol. The van der Waals surface area contributed by atoms with E-state index < -0.39 is 0 Å². The Balaban J connectivity index is 1.86. The smallest absolute Gasteiger partial charge is 0.225 e. The second kappa shape index (κ2) is 6.84. The largest absolute Gasteiger partial charge is 0.332 e. The number of carbonyl (C=O) groups excluding carboxylic acids is 1. The summed E-state index contributed by atoms with van der Waals surface area (Å²) in [5.41, 5.74) is 1.87. The van der Waals surface area contributed by atoms with E-state index in [2.05, 4.69) is 20.3 Å². The molecule has 0 aromatic carbocycles. The van der Waals surface area contributed by atoms with Crippen molar-refractivity contribution >= 4 is 28.2 Å². The summed E-state index contributed by atoms with van der Waals surface area (Å²) in [5.74, 6) is 1.62. The van der Waals surface area contributed by atoms with Crippen LogP contribution >= 0.6 is 11.3 Å².